The van der Waals surface area contributed by atoms with Gasteiger partial charge >= 0.3 is 0 Å². The summed E-state index contributed by atoms with van der Waals surface area (Å²) in [5.74, 6) is 0.0110. The van der Waals surface area contributed by atoms with Crippen molar-refractivity contribution in [2.45, 2.75) is 12.8 Å². The Kier molecular flexibility index (Phi) is 4.72. The Morgan fingerprint density at radius 1 is 0.680 bits per heavy atom. The molecule has 0 atom stereocenters. The van der Waals surface area contributed by atoms with Gasteiger partial charge in [0.25, 0.3) is 0 Å². The minimum Gasteiger partial charge on any atom is -0.508 e. The van der Waals surface area contributed by atoms with Crippen LogP contribution in [0.1, 0.15) is 22.3 Å². The Labute approximate surface area is 150 Å². The molecule has 1 radical (unpaired) electrons. The summed E-state index contributed by atoms with van der Waals surface area (Å²) in [5.41, 5.74) is 2.85. The van der Waals surface area contributed by atoms with E-state index in [-0.39, 0.29) is 23.0 Å². The van der Waals surface area contributed by atoms with Crippen molar-refractivity contribution in [3.05, 3.63) is 81.9 Å². The third-order valence-corrected chi connectivity index (χ3v) is 4.06. The van der Waals surface area contributed by atoms with Crippen LogP contribution in [-0.4, -0.2) is 20.4 Å². The fourth-order valence-electron chi connectivity index (χ4n) is 2.66. The molecule has 0 aliphatic carbocycles. The Balaban J connectivity index is 1.87. The van der Waals surface area contributed by atoms with Crippen LogP contribution >= 0.6 is 11.6 Å². The number of benzene rings is 3. The minimum atomic E-state index is -0.000168. The zero-order chi connectivity index (χ0) is 18.0. The van der Waals surface area contributed by atoms with E-state index in [2.05, 4.69) is 6.07 Å². The van der Waals surface area contributed by atoms with E-state index in [1.54, 1.807) is 24.3 Å². The van der Waals surface area contributed by atoms with E-state index in [1.807, 2.05) is 0 Å². The lowest BCUT2D eigenvalue weighted by Crippen LogP contribution is -1.95. The van der Waals surface area contributed by atoms with Gasteiger partial charge in [-0.3, -0.25) is 0 Å². The normalized spacial score (nSPS) is 10.8. The first-order valence-electron chi connectivity index (χ1n) is 7.63. The molecule has 127 valence electrons. The van der Waals surface area contributed by atoms with E-state index in [1.165, 1.54) is 24.3 Å². The van der Waals surface area contributed by atoms with Crippen LogP contribution in [0.2, 0.25) is 5.02 Å². The number of rotatable bonds is 4. The molecule has 0 saturated carbocycles. The van der Waals surface area contributed by atoms with Crippen LogP contribution < -0.4 is 0 Å². The van der Waals surface area contributed by atoms with Crippen molar-refractivity contribution in [2.24, 2.45) is 0 Å². The molecule has 4 N–H and O–H groups in total. The maximum Gasteiger partial charge on any atom is 0.122 e. The first-order valence-corrected chi connectivity index (χ1v) is 8.01. The molecule has 0 aliphatic heterocycles. The predicted octanol–water partition coefficient (Wildman–Crippen LogP) is 4.14. The van der Waals surface area contributed by atoms with Gasteiger partial charge in [0.2, 0.25) is 0 Å². The first-order chi connectivity index (χ1) is 11.9. The largest absolute Gasteiger partial charge is 0.508 e. The van der Waals surface area contributed by atoms with Gasteiger partial charge in [-0.2, -0.15) is 0 Å². The van der Waals surface area contributed by atoms with Crippen LogP contribution in [0.5, 0.6) is 23.0 Å². The first kappa shape index (κ1) is 17.0. The Bertz CT molecular complexity index is 850. The number of phenolic OH excluding ortho intramolecular Hbond substituents is 4. The molecule has 0 spiro atoms. The summed E-state index contributed by atoms with van der Waals surface area (Å²) in [7, 11) is 0. The van der Waals surface area contributed by atoms with Crippen LogP contribution in [0.15, 0.2) is 48.5 Å². The molecule has 3 rings (SSSR count). The number of hydrogen-bond acceptors (Lipinski definition) is 4. The topological polar surface area (TPSA) is 80.9 Å². The van der Waals surface area contributed by atoms with Gasteiger partial charge in [0.15, 0.2) is 0 Å². The summed E-state index contributed by atoms with van der Waals surface area (Å²) < 4.78 is 0. The smallest absolute Gasteiger partial charge is 0.122 e. The minimum absolute atomic E-state index is 0.000168. The van der Waals surface area contributed by atoms with Crippen molar-refractivity contribution in [1.82, 2.24) is 0 Å². The lowest BCUT2D eigenvalue weighted by atomic mass is 9.98. The molecule has 0 saturated heterocycles. The second-order valence-electron chi connectivity index (χ2n) is 5.83. The molecule has 5 heteroatoms. The van der Waals surface area contributed by atoms with Crippen LogP contribution in [0, 0.1) is 6.07 Å². The molecule has 0 aromatic heterocycles. The average molecular weight is 356 g/mol. The maximum atomic E-state index is 9.93. The van der Waals surface area contributed by atoms with Crippen molar-refractivity contribution in [3.8, 4) is 23.0 Å². The van der Waals surface area contributed by atoms with Crippen LogP contribution in [0.3, 0.4) is 0 Å². The van der Waals surface area contributed by atoms with E-state index in [9.17, 15) is 20.4 Å². The van der Waals surface area contributed by atoms with Gasteiger partial charge in [-0.05, 0) is 52.6 Å². The average Bonchev–Trinajstić information content (AvgIpc) is 2.52. The van der Waals surface area contributed by atoms with Crippen LogP contribution in [0.25, 0.3) is 0 Å². The summed E-state index contributed by atoms with van der Waals surface area (Å²) >= 11 is 6.19. The molecule has 3 aromatic rings. The van der Waals surface area contributed by atoms with Gasteiger partial charge in [0.1, 0.15) is 23.0 Å². The van der Waals surface area contributed by atoms with Gasteiger partial charge < -0.3 is 20.4 Å². The molecular formula is C20H16ClO4. The molecule has 0 bridgehead atoms. The fourth-order valence-corrected chi connectivity index (χ4v) is 2.92. The summed E-state index contributed by atoms with van der Waals surface area (Å²) in [5, 5.41) is 39.1. The molecule has 3 aromatic carbocycles. The van der Waals surface area contributed by atoms with E-state index in [0.717, 1.165) is 11.1 Å². The van der Waals surface area contributed by atoms with E-state index in [4.69, 9.17) is 11.6 Å². The molecule has 0 heterocycles. The maximum absolute atomic E-state index is 9.93. The van der Waals surface area contributed by atoms with Gasteiger partial charge in [-0.25, -0.2) is 0 Å². The van der Waals surface area contributed by atoms with E-state index in [0.29, 0.717) is 29.0 Å². The van der Waals surface area contributed by atoms with Crippen molar-refractivity contribution < 1.29 is 20.4 Å². The SMILES string of the molecule is Oc1ccc(Cc2[c]c(Cc3ccc(O)cc3O)cc(Cl)c2)c(O)c1. The third-order valence-electron chi connectivity index (χ3n) is 3.84. The molecule has 0 unspecified atom stereocenters. The van der Waals surface area contributed by atoms with Crippen molar-refractivity contribution in [2.75, 3.05) is 0 Å². The molecule has 0 amide bonds. The molecule has 0 fully saturated rings. The van der Waals surface area contributed by atoms with E-state index >= 15 is 0 Å². The van der Waals surface area contributed by atoms with Gasteiger partial charge in [0.05, 0.1) is 0 Å². The highest BCUT2D eigenvalue weighted by Crippen LogP contribution is 2.28. The highest BCUT2D eigenvalue weighted by atomic mass is 35.5. The second-order valence-corrected chi connectivity index (χ2v) is 6.27. The van der Waals surface area contributed by atoms with Crippen molar-refractivity contribution >= 4 is 11.6 Å². The monoisotopic (exact) mass is 355 g/mol. The summed E-state index contributed by atoms with van der Waals surface area (Å²) in [6, 6.07) is 15.6. The third kappa shape index (κ3) is 4.17. The predicted molar refractivity (Wildman–Crippen MR) is 95.4 cm³/mol. The van der Waals surface area contributed by atoms with Gasteiger partial charge in [0, 0.05) is 30.0 Å². The number of hydrogen-bond donors (Lipinski definition) is 4. The van der Waals surface area contributed by atoms with Crippen molar-refractivity contribution in [3.63, 3.8) is 0 Å². The lowest BCUT2D eigenvalue weighted by Gasteiger charge is -2.09. The number of phenols is 4. The Morgan fingerprint density at radius 3 is 1.52 bits per heavy atom. The Hall–Kier alpha value is -2.85. The van der Waals surface area contributed by atoms with Gasteiger partial charge in [-0.15, -0.1) is 0 Å². The highest BCUT2D eigenvalue weighted by Gasteiger charge is 2.09. The number of halogens is 1. The lowest BCUT2D eigenvalue weighted by molar-refractivity contribution is 0.446. The number of aromatic hydroxyl groups is 4. The zero-order valence-electron chi connectivity index (χ0n) is 13.2. The summed E-state index contributed by atoms with van der Waals surface area (Å²) in [4.78, 5) is 0. The zero-order valence-corrected chi connectivity index (χ0v) is 14.0. The standard InChI is InChI=1S/C20H16ClO4/c21-16-8-12(6-14-1-3-17(22)10-19(14)24)5-13(9-16)7-15-2-4-18(23)11-20(15)25/h1-4,8-11,22-25H,6-7H2. The fraction of sp³-hybridized carbons (Fsp3) is 0.100. The van der Waals surface area contributed by atoms with Crippen LogP contribution in [0.4, 0.5) is 0 Å². The summed E-state index contributed by atoms with van der Waals surface area (Å²) in [6.45, 7) is 0. The molecular weight excluding hydrogens is 340 g/mol. The quantitative estimate of drug-likeness (QED) is 0.567. The van der Waals surface area contributed by atoms with Crippen molar-refractivity contribution in [1.29, 1.82) is 0 Å². The van der Waals surface area contributed by atoms with Gasteiger partial charge in [-0.1, -0.05) is 23.7 Å². The summed E-state index contributed by atoms with van der Waals surface area (Å²) in [6.07, 6.45) is 0.808. The molecule has 0 aliphatic rings. The second kappa shape index (κ2) is 6.95. The van der Waals surface area contributed by atoms with Crippen LogP contribution in [-0.2, 0) is 12.8 Å². The highest BCUT2D eigenvalue weighted by molar-refractivity contribution is 6.30. The molecule has 25 heavy (non-hydrogen) atoms. The van der Waals surface area contributed by atoms with E-state index < -0.39 is 0 Å². The Morgan fingerprint density at radius 2 is 1.12 bits per heavy atom. The molecule has 4 nitrogen and oxygen atoms in total.